The van der Waals surface area contributed by atoms with E-state index >= 15 is 0 Å². The number of halogens is 4. The smallest absolute Gasteiger partial charge is 0.416 e. The van der Waals surface area contributed by atoms with Crippen molar-refractivity contribution in [2.45, 2.75) is 13.1 Å². The SMILES string of the molecule is Cc1cc(F)ccc1Oc1ccc(C(F)(F)F)cc1C(=O)O. The molecule has 0 bridgehead atoms. The summed E-state index contributed by atoms with van der Waals surface area (Å²) in [5.41, 5.74) is -1.33. The minimum Gasteiger partial charge on any atom is -0.478 e. The normalized spacial score (nSPS) is 11.3. The van der Waals surface area contributed by atoms with Gasteiger partial charge in [-0.1, -0.05) is 0 Å². The molecule has 22 heavy (non-hydrogen) atoms. The van der Waals surface area contributed by atoms with Crippen molar-refractivity contribution in [1.29, 1.82) is 0 Å². The van der Waals surface area contributed by atoms with Crippen LogP contribution in [0.2, 0.25) is 0 Å². The zero-order chi connectivity index (χ0) is 16.5. The third kappa shape index (κ3) is 3.36. The highest BCUT2D eigenvalue weighted by Gasteiger charge is 2.32. The van der Waals surface area contributed by atoms with Crippen molar-refractivity contribution < 1.29 is 32.2 Å². The van der Waals surface area contributed by atoms with Crippen LogP contribution in [0.1, 0.15) is 21.5 Å². The van der Waals surface area contributed by atoms with Gasteiger partial charge in [0, 0.05) is 0 Å². The molecule has 2 aromatic rings. The van der Waals surface area contributed by atoms with Gasteiger partial charge in [-0.05, 0) is 48.9 Å². The Morgan fingerprint density at radius 1 is 1.09 bits per heavy atom. The molecule has 2 rings (SSSR count). The number of carboxylic acid groups (broad SMARTS) is 1. The van der Waals surface area contributed by atoms with Crippen LogP contribution in [0.25, 0.3) is 0 Å². The lowest BCUT2D eigenvalue weighted by molar-refractivity contribution is -0.137. The van der Waals surface area contributed by atoms with Gasteiger partial charge in [0.1, 0.15) is 22.9 Å². The lowest BCUT2D eigenvalue weighted by Gasteiger charge is -2.13. The molecule has 0 amide bonds. The summed E-state index contributed by atoms with van der Waals surface area (Å²) in [6.07, 6.45) is -4.66. The standard InChI is InChI=1S/C15H10F4O3/c1-8-6-10(16)3-5-12(8)22-13-4-2-9(15(17,18)19)7-11(13)14(20)21/h2-7H,1H3,(H,20,21). The number of benzene rings is 2. The highest BCUT2D eigenvalue weighted by atomic mass is 19.4. The predicted molar refractivity (Wildman–Crippen MR) is 69.6 cm³/mol. The lowest BCUT2D eigenvalue weighted by atomic mass is 10.1. The molecule has 0 fully saturated rings. The summed E-state index contributed by atoms with van der Waals surface area (Å²) < 4.78 is 56.2. The van der Waals surface area contributed by atoms with Crippen molar-refractivity contribution in [2.24, 2.45) is 0 Å². The first-order chi connectivity index (χ1) is 10.2. The highest BCUT2D eigenvalue weighted by molar-refractivity contribution is 5.91. The molecule has 0 spiro atoms. The molecule has 2 aromatic carbocycles. The molecule has 116 valence electrons. The maximum atomic E-state index is 13.0. The van der Waals surface area contributed by atoms with Crippen LogP contribution in [-0.2, 0) is 6.18 Å². The first-order valence-corrected chi connectivity index (χ1v) is 6.07. The number of hydrogen-bond acceptors (Lipinski definition) is 2. The van der Waals surface area contributed by atoms with Crippen molar-refractivity contribution in [2.75, 3.05) is 0 Å². The van der Waals surface area contributed by atoms with Crippen LogP contribution >= 0.6 is 0 Å². The molecule has 0 heterocycles. The Hall–Kier alpha value is -2.57. The average Bonchev–Trinajstić information content (AvgIpc) is 2.40. The maximum absolute atomic E-state index is 13.0. The van der Waals surface area contributed by atoms with Crippen LogP contribution in [-0.4, -0.2) is 11.1 Å². The quantitative estimate of drug-likeness (QED) is 0.839. The van der Waals surface area contributed by atoms with E-state index in [1.807, 2.05) is 0 Å². The minimum absolute atomic E-state index is 0.156. The number of carbonyl (C=O) groups is 1. The van der Waals surface area contributed by atoms with Crippen LogP contribution in [0.4, 0.5) is 17.6 Å². The van der Waals surface area contributed by atoms with Crippen molar-refractivity contribution in [3.05, 3.63) is 58.9 Å². The summed E-state index contributed by atoms with van der Waals surface area (Å²) in [7, 11) is 0. The third-order valence-corrected chi connectivity index (χ3v) is 2.89. The molecule has 7 heteroatoms. The zero-order valence-electron chi connectivity index (χ0n) is 11.2. The molecule has 1 N–H and O–H groups in total. The van der Waals surface area contributed by atoms with Gasteiger partial charge < -0.3 is 9.84 Å². The molecule has 0 aliphatic rings. The Morgan fingerprint density at radius 3 is 2.27 bits per heavy atom. The molecule has 0 atom stereocenters. The van der Waals surface area contributed by atoms with E-state index in [-0.39, 0.29) is 11.5 Å². The van der Waals surface area contributed by atoms with Gasteiger partial charge >= 0.3 is 12.1 Å². The summed E-state index contributed by atoms with van der Waals surface area (Å²) >= 11 is 0. The van der Waals surface area contributed by atoms with E-state index < -0.39 is 29.1 Å². The average molecular weight is 314 g/mol. The second-order valence-electron chi connectivity index (χ2n) is 4.53. The topological polar surface area (TPSA) is 46.5 Å². The number of rotatable bonds is 3. The number of hydrogen-bond donors (Lipinski definition) is 1. The molecular formula is C15H10F4O3. The summed E-state index contributed by atoms with van der Waals surface area (Å²) in [6, 6.07) is 5.69. The molecule has 0 unspecified atom stereocenters. The van der Waals surface area contributed by atoms with Gasteiger partial charge in [0.25, 0.3) is 0 Å². The number of carboxylic acids is 1. The second-order valence-corrected chi connectivity index (χ2v) is 4.53. The van der Waals surface area contributed by atoms with Crippen LogP contribution < -0.4 is 4.74 Å². The summed E-state index contributed by atoms with van der Waals surface area (Å²) in [6.45, 7) is 1.53. The second kappa shape index (κ2) is 5.67. The summed E-state index contributed by atoms with van der Waals surface area (Å²) in [5.74, 6) is -2.16. The zero-order valence-corrected chi connectivity index (χ0v) is 11.2. The van der Waals surface area contributed by atoms with Crippen molar-refractivity contribution in [1.82, 2.24) is 0 Å². The Kier molecular flexibility index (Phi) is 4.07. The highest BCUT2D eigenvalue weighted by Crippen LogP contribution is 2.34. The van der Waals surface area contributed by atoms with E-state index in [1.54, 1.807) is 0 Å². The molecule has 0 aliphatic carbocycles. The fourth-order valence-corrected chi connectivity index (χ4v) is 1.81. The number of ether oxygens (including phenoxy) is 1. The molecule has 0 aromatic heterocycles. The fraction of sp³-hybridized carbons (Fsp3) is 0.133. The number of aromatic carboxylic acids is 1. The fourth-order valence-electron chi connectivity index (χ4n) is 1.81. The summed E-state index contributed by atoms with van der Waals surface area (Å²) in [4.78, 5) is 11.1. The van der Waals surface area contributed by atoms with Crippen LogP contribution in [0.3, 0.4) is 0 Å². The molecule has 0 saturated carbocycles. The lowest BCUT2D eigenvalue weighted by Crippen LogP contribution is -2.08. The van der Waals surface area contributed by atoms with Gasteiger partial charge in [-0.2, -0.15) is 13.2 Å². The summed E-state index contributed by atoms with van der Waals surface area (Å²) in [5, 5.41) is 9.04. The predicted octanol–water partition coefficient (Wildman–Crippen LogP) is 4.64. The van der Waals surface area contributed by atoms with E-state index in [0.29, 0.717) is 11.6 Å². The third-order valence-electron chi connectivity index (χ3n) is 2.89. The Morgan fingerprint density at radius 2 is 1.73 bits per heavy atom. The number of alkyl halides is 3. The first-order valence-electron chi connectivity index (χ1n) is 6.07. The Labute approximate surface area is 122 Å². The minimum atomic E-state index is -4.66. The van der Waals surface area contributed by atoms with Crippen LogP contribution in [0.5, 0.6) is 11.5 Å². The van der Waals surface area contributed by atoms with Crippen LogP contribution in [0, 0.1) is 12.7 Å². The van der Waals surface area contributed by atoms with E-state index in [0.717, 1.165) is 18.2 Å². The Balaban J connectivity index is 2.44. The van der Waals surface area contributed by atoms with Gasteiger partial charge in [0.15, 0.2) is 0 Å². The molecule has 3 nitrogen and oxygen atoms in total. The van der Waals surface area contributed by atoms with Gasteiger partial charge in [-0.25, -0.2) is 9.18 Å². The van der Waals surface area contributed by atoms with Gasteiger partial charge in [-0.3, -0.25) is 0 Å². The van der Waals surface area contributed by atoms with Gasteiger partial charge in [-0.15, -0.1) is 0 Å². The van der Waals surface area contributed by atoms with Crippen molar-refractivity contribution in [3.63, 3.8) is 0 Å². The molecule has 0 aliphatic heterocycles. The van der Waals surface area contributed by atoms with E-state index in [2.05, 4.69) is 0 Å². The monoisotopic (exact) mass is 314 g/mol. The molecular weight excluding hydrogens is 304 g/mol. The van der Waals surface area contributed by atoms with Gasteiger partial charge in [0.05, 0.1) is 5.56 Å². The largest absolute Gasteiger partial charge is 0.478 e. The number of aryl methyl sites for hydroxylation is 1. The van der Waals surface area contributed by atoms with E-state index in [1.165, 1.54) is 19.1 Å². The molecule has 0 saturated heterocycles. The van der Waals surface area contributed by atoms with Crippen molar-refractivity contribution in [3.8, 4) is 11.5 Å². The maximum Gasteiger partial charge on any atom is 0.416 e. The Bertz CT molecular complexity index is 723. The molecule has 0 radical (unpaired) electrons. The van der Waals surface area contributed by atoms with E-state index in [9.17, 15) is 22.4 Å². The van der Waals surface area contributed by atoms with E-state index in [4.69, 9.17) is 9.84 Å². The first kappa shape index (κ1) is 15.8. The van der Waals surface area contributed by atoms with Crippen molar-refractivity contribution >= 4 is 5.97 Å². The van der Waals surface area contributed by atoms with Crippen LogP contribution in [0.15, 0.2) is 36.4 Å². The van der Waals surface area contributed by atoms with Gasteiger partial charge in [0.2, 0.25) is 0 Å².